The number of amides is 1. The standard InChI is InChI=1S/C18H36N4O4S/c1-8-19-15(20-10-12-27(24,25)18(5,6)7)22-11-9-14(13-22)21-16(23)26-17(2,3)4/h14H,8-13H2,1-7H3,(H,19,20)(H,21,23). The maximum atomic E-state index is 12.2. The van der Waals surface area contributed by atoms with Gasteiger partial charge in [-0.05, 0) is 54.9 Å². The van der Waals surface area contributed by atoms with Gasteiger partial charge in [-0.2, -0.15) is 0 Å². The average molecular weight is 405 g/mol. The molecule has 9 heteroatoms. The molecule has 1 unspecified atom stereocenters. The quantitative estimate of drug-likeness (QED) is 0.535. The third-order valence-corrected chi connectivity index (χ3v) is 6.68. The average Bonchev–Trinajstić information content (AvgIpc) is 2.91. The van der Waals surface area contributed by atoms with Crippen molar-refractivity contribution in [3.63, 3.8) is 0 Å². The van der Waals surface area contributed by atoms with Crippen molar-refractivity contribution in [1.29, 1.82) is 0 Å². The lowest BCUT2D eigenvalue weighted by Gasteiger charge is -2.23. The van der Waals surface area contributed by atoms with E-state index in [-0.39, 0.29) is 18.3 Å². The van der Waals surface area contributed by atoms with E-state index in [1.807, 2.05) is 32.6 Å². The molecule has 1 heterocycles. The minimum Gasteiger partial charge on any atom is -0.444 e. The largest absolute Gasteiger partial charge is 0.444 e. The van der Waals surface area contributed by atoms with Crippen molar-refractivity contribution in [3.05, 3.63) is 0 Å². The number of sulfone groups is 1. The Balaban J connectivity index is 2.65. The fraction of sp³-hybridized carbons (Fsp3) is 0.889. The van der Waals surface area contributed by atoms with E-state index in [0.29, 0.717) is 19.0 Å². The molecule has 0 radical (unpaired) electrons. The molecule has 0 aliphatic carbocycles. The van der Waals surface area contributed by atoms with Gasteiger partial charge in [-0.3, -0.25) is 4.99 Å². The molecule has 0 spiro atoms. The molecule has 1 aliphatic rings. The number of nitrogens with zero attached hydrogens (tertiary/aromatic N) is 2. The highest BCUT2D eigenvalue weighted by atomic mass is 32.2. The van der Waals surface area contributed by atoms with Gasteiger partial charge in [0.25, 0.3) is 0 Å². The number of carbonyl (C=O) groups is 1. The number of hydrogen-bond acceptors (Lipinski definition) is 5. The van der Waals surface area contributed by atoms with E-state index in [1.54, 1.807) is 20.8 Å². The van der Waals surface area contributed by atoms with Crippen molar-refractivity contribution in [2.45, 2.75) is 71.3 Å². The highest BCUT2D eigenvalue weighted by Crippen LogP contribution is 2.16. The molecule has 0 saturated carbocycles. The summed E-state index contributed by atoms with van der Waals surface area (Å²) in [5.74, 6) is 0.689. The maximum Gasteiger partial charge on any atom is 0.407 e. The van der Waals surface area contributed by atoms with Crippen LogP contribution >= 0.6 is 0 Å². The Morgan fingerprint density at radius 3 is 2.37 bits per heavy atom. The van der Waals surface area contributed by atoms with E-state index in [4.69, 9.17) is 4.74 Å². The Morgan fingerprint density at radius 1 is 1.22 bits per heavy atom. The molecule has 27 heavy (non-hydrogen) atoms. The van der Waals surface area contributed by atoms with Crippen LogP contribution in [-0.2, 0) is 14.6 Å². The van der Waals surface area contributed by atoms with Crippen LogP contribution in [0.5, 0.6) is 0 Å². The van der Waals surface area contributed by atoms with Crippen LogP contribution in [0.15, 0.2) is 4.99 Å². The Hall–Kier alpha value is -1.51. The van der Waals surface area contributed by atoms with Gasteiger partial charge in [0.2, 0.25) is 0 Å². The molecule has 1 aliphatic heterocycles. The van der Waals surface area contributed by atoms with Gasteiger partial charge < -0.3 is 20.3 Å². The fourth-order valence-corrected chi connectivity index (χ4v) is 3.49. The van der Waals surface area contributed by atoms with Crippen LogP contribution in [0.2, 0.25) is 0 Å². The van der Waals surface area contributed by atoms with Gasteiger partial charge in [-0.25, -0.2) is 13.2 Å². The molecule has 8 nitrogen and oxygen atoms in total. The van der Waals surface area contributed by atoms with E-state index in [2.05, 4.69) is 15.6 Å². The molecule has 2 N–H and O–H groups in total. The molecule has 0 aromatic heterocycles. The Labute approximate surface area is 164 Å². The summed E-state index contributed by atoms with van der Waals surface area (Å²) in [6.45, 7) is 14.8. The normalized spacial score (nSPS) is 19.1. The summed E-state index contributed by atoms with van der Waals surface area (Å²) < 4.78 is 29.0. The first kappa shape index (κ1) is 23.5. The summed E-state index contributed by atoms with van der Waals surface area (Å²) >= 11 is 0. The smallest absolute Gasteiger partial charge is 0.407 e. The van der Waals surface area contributed by atoms with Crippen LogP contribution in [0, 0.1) is 0 Å². The maximum absolute atomic E-state index is 12.2. The lowest BCUT2D eigenvalue weighted by molar-refractivity contribution is 0.0507. The number of aliphatic imine (C=N–C) groups is 1. The summed E-state index contributed by atoms with van der Waals surface area (Å²) in [6, 6.07) is -0.0259. The van der Waals surface area contributed by atoms with Crippen LogP contribution in [0.25, 0.3) is 0 Å². The minimum atomic E-state index is -3.20. The highest BCUT2D eigenvalue weighted by molar-refractivity contribution is 7.92. The summed E-state index contributed by atoms with van der Waals surface area (Å²) in [6.07, 6.45) is 0.358. The number of likely N-dealkylation sites (tertiary alicyclic amines) is 1. The topological polar surface area (TPSA) is 100 Å². The van der Waals surface area contributed by atoms with Crippen LogP contribution in [0.3, 0.4) is 0 Å². The Bertz CT molecular complexity index is 633. The van der Waals surface area contributed by atoms with Gasteiger partial charge >= 0.3 is 6.09 Å². The van der Waals surface area contributed by atoms with Crippen LogP contribution in [0.4, 0.5) is 4.79 Å². The summed E-state index contributed by atoms with van der Waals surface area (Å²) in [5.41, 5.74) is -0.530. The first-order valence-corrected chi connectivity index (χ1v) is 11.2. The first-order valence-electron chi connectivity index (χ1n) is 9.50. The van der Waals surface area contributed by atoms with Crippen LogP contribution in [-0.4, -0.2) is 73.7 Å². The van der Waals surface area contributed by atoms with E-state index in [9.17, 15) is 13.2 Å². The van der Waals surface area contributed by atoms with Crippen molar-refractivity contribution in [1.82, 2.24) is 15.5 Å². The van der Waals surface area contributed by atoms with E-state index in [1.165, 1.54) is 0 Å². The van der Waals surface area contributed by atoms with Gasteiger partial charge in [0, 0.05) is 19.6 Å². The summed E-state index contributed by atoms with van der Waals surface area (Å²) in [5, 5.41) is 6.08. The van der Waals surface area contributed by atoms with Crippen molar-refractivity contribution in [3.8, 4) is 0 Å². The number of alkyl carbamates (subject to hydrolysis) is 1. The van der Waals surface area contributed by atoms with Crippen LogP contribution in [0.1, 0.15) is 54.9 Å². The number of rotatable bonds is 5. The lowest BCUT2D eigenvalue weighted by Crippen LogP contribution is -2.44. The Morgan fingerprint density at radius 2 is 1.85 bits per heavy atom. The predicted molar refractivity (Wildman–Crippen MR) is 109 cm³/mol. The Kier molecular flexibility index (Phi) is 7.95. The summed E-state index contributed by atoms with van der Waals surface area (Å²) in [4.78, 5) is 18.4. The predicted octanol–water partition coefficient (Wildman–Crippen LogP) is 1.76. The van der Waals surface area contributed by atoms with Crippen molar-refractivity contribution in [2.75, 3.05) is 31.9 Å². The number of guanidine groups is 1. The molecule has 0 bridgehead atoms. The molecule has 158 valence electrons. The highest BCUT2D eigenvalue weighted by Gasteiger charge is 2.30. The van der Waals surface area contributed by atoms with Crippen molar-refractivity contribution < 1.29 is 17.9 Å². The van der Waals surface area contributed by atoms with Crippen molar-refractivity contribution >= 4 is 21.9 Å². The summed E-state index contributed by atoms with van der Waals surface area (Å²) in [7, 11) is -3.20. The molecule has 0 aromatic rings. The van der Waals surface area contributed by atoms with E-state index in [0.717, 1.165) is 13.0 Å². The number of hydrogen-bond donors (Lipinski definition) is 2. The zero-order valence-electron chi connectivity index (χ0n) is 17.8. The lowest BCUT2D eigenvalue weighted by atomic mass is 10.2. The molecular formula is C18H36N4O4S. The van der Waals surface area contributed by atoms with Gasteiger partial charge in [0.1, 0.15) is 5.60 Å². The number of ether oxygens (including phenoxy) is 1. The second-order valence-electron chi connectivity index (χ2n) is 8.74. The van der Waals surface area contributed by atoms with Gasteiger partial charge in [-0.1, -0.05) is 0 Å². The molecule has 0 aromatic carbocycles. The van der Waals surface area contributed by atoms with E-state index >= 15 is 0 Å². The van der Waals surface area contributed by atoms with Gasteiger partial charge in [0.15, 0.2) is 15.8 Å². The second-order valence-corrected chi connectivity index (χ2v) is 11.6. The van der Waals surface area contributed by atoms with E-state index < -0.39 is 26.3 Å². The van der Waals surface area contributed by atoms with Crippen LogP contribution < -0.4 is 10.6 Å². The zero-order chi connectivity index (χ0) is 20.9. The molecule has 1 rings (SSSR count). The molecule has 1 fully saturated rings. The molecule has 1 atom stereocenters. The van der Waals surface area contributed by atoms with Gasteiger partial charge in [-0.15, -0.1) is 0 Å². The fourth-order valence-electron chi connectivity index (χ4n) is 2.55. The number of carbonyl (C=O) groups excluding carboxylic acids is 1. The zero-order valence-corrected chi connectivity index (χ0v) is 18.6. The molecular weight excluding hydrogens is 368 g/mol. The third kappa shape index (κ3) is 7.94. The minimum absolute atomic E-state index is 0.0127. The third-order valence-electron chi connectivity index (χ3n) is 4.10. The second kappa shape index (κ2) is 9.12. The number of nitrogens with one attached hydrogen (secondary N) is 2. The SMILES string of the molecule is CCNC(=NCCS(=O)(=O)C(C)(C)C)N1CCC(NC(=O)OC(C)(C)C)C1. The molecule has 1 amide bonds. The van der Waals surface area contributed by atoms with Crippen molar-refractivity contribution in [2.24, 2.45) is 4.99 Å². The molecule has 1 saturated heterocycles. The first-order chi connectivity index (χ1) is 12.2. The van der Waals surface area contributed by atoms with Gasteiger partial charge in [0.05, 0.1) is 23.1 Å². The monoisotopic (exact) mass is 404 g/mol.